The van der Waals surface area contributed by atoms with E-state index in [2.05, 4.69) is 52.2 Å². The van der Waals surface area contributed by atoms with Crippen molar-refractivity contribution in [2.24, 2.45) is 0 Å². The molecule has 1 atom stereocenters. The van der Waals surface area contributed by atoms with E-state index in [9.17, 15) is 0 Å². The van der Waals surface area contributed by atoms with Crippen molar-refractivity contribution in [3.8, 4) is 0 Å². The van der Waals surface area contributed by atoms with E-state index in [1.165, 1.54) is 9.13 Å². The normalized spacial score (nSPS) is 12.4. The maximum atomic E-state index is 6.25. The van der Waals surface area contributed by atoms with Gasteiger partial charge in [0.05, 0.1) is 10.0 Å². The van der Waals surface area contributed by atoms with Crippen LogP contribution in [0, 0.1) is 3.57 Å². The van der Waals surface area contributed by atoms with E-state index in [1.54, 1.807) is 0 Å². The molecule has 0 aliphatic carbocycles. The predicted molar refractivity (Wildman–Crippen MR) is 91.1 cm³/mol. The van der Waals surface area contributed by atoms with Gasteiger partial charge in [-0.05, 0) is 65.4 Å². The van der Waals surface area contributed by atoms with Crippen LogP contribution in [0.4, 0.5) is 0 Å². The summed E-state index contributed by atoms with van der Waals surface area (Å²) in [5, 5.41) is 4.58. The van der Waals surface area contributed by atoms with Crippen molar-refractivity contribution in [2.75, 3.05) is 7.05 Å². The van der Waals surface area contributed by atoms with E-state index in [0.29, 0.717) is 10.0 Å². The monoisotopic (exact) mass is 405 g/mol. The Hall–Kier alpha value is -0.290. The van der Waals surface area contributed by atoms with Gasteiger partial charge in [-0.25, -0.2) is 0 Å². The van der Waals surface area contributed by atoms with Crippen LogP contribution in [0.3, 0.4) is 0 Å². The Balaban J connectivity index is 2.24. The SMILES string of the molecule is CNC(Cc1cccc(Cl)c1Cl)c1ccc(I)cc1. The van der Waals surface area contributed by atoms with E-state index in [-0.39, 0.29) is 6.04 Å². The summed E-state index contributed by atoms with van der Waals surface area (Å²) >= 11 is 14.6. The number of likely N-dealkylation sites (N-methyl/N-ethyl adjacent to an activating group) is 1. The van der Waals surface area contributed by atoms with Crippen molar-refractivity contribution >= 4 is 45.8 Å². The highest BCUT2D eigenvalue weighted by molar-refractivity contribution is 14.1. The largest absolute Gasteiger partial charge is 0.313 e. The lowest BCUT2D eigenvalue weighted by Crippen LogP contribution is -2.19. The minimum absolute atomic E-state index is 0.230. The molecule has 2 aromatic rings. The molecule has 0 amide bonds. The molecular weight excluding hydrogens is 392 g/mol. The van der Waals surface area contributed by atoms with Crippen molar-refractivity contribution in [2.45, 2.75) is 12.5 Å². The van der Waals surface area contributed by atoms with E-state index < -0.39 is 0 Å². The number of hydrogen-bond donors (Lipinski definition) is 1. The molecule has 0 aliphatic rings. The number of benzene rings is 2. The van der Waals surface area contributed by atoms with Crippen LogP contribution in [0.15, 0.2) is 42.5 Å². The number of hydrogen-bond acceptors (Lipinski definition) is 1. The molecule has 4 heteroatoms. The third kappa shape index (κ3) is 3.85. The highest BCUT2D eigenvalue weighted by atomic mass is 127. The molecule has 19 heavy (non-hydrogen) atoms. The Morgan fingerprint density at radius 1 is 1.11 bits per heavy atom. The first-order chi connectivity index (χ1) is 9.11. The summed E-state index contributed by atoms with van der Waals surface area (Å²) in [5.74, 6) is 0. The minimum Gasteiger partial charge on any atom is -0.313 e. The average Bonchev–Trinajstić information content (AvgIpc) is 2.42. The molecule has 0 bridgehead atoms. The first kappa shape index (κ1) is 15.1. The maximum Gasteiger partial charge on any atom is 0.0624 e. The first-order valence-electron chi connectivity index (χ1n) is 5.97. The molecule has 0 saturated heterocycles. The predicted octanol–water partition coefficient (Wildman–Crippen LogP) is 5.10. The molecule has 0 spiro atoms. The molecule has 2 aromatic carbocycles. The Morgan fingerprint density at radius 2 is 1.79 bits per heavy atom. The topological polar surface area (TPSA) is 12.0 Å². The maximum absolute atomic E-state index is 6.25. The third-order valence-corrected chi connectivity index (χ3v) is 4.65. The van der Waals surface area contributed by atoms with Crippen LogP contribution in [0.2, 0.25) is 10.0 Å². The van der Waals surface area contributed by atoms with Gasteiger partial charge < -0.3 is 5.32 Å². The summed E-state index contributed by atoms with van der Waals surface area (Å²) < 4.78 is 1.23. The highest BCUT2D eigenvalue weighted by Gasteiger charge is 2.13. The molecule has 0 aromatic heterocycles. The van der Waals surface area contributed by atoms with Gasteiger partial charge in [0.15, 0.2) is 0 Å². The van der Waals surface area contributed by atoms with Crippen molar-refractivity contribution < 1.29 is 0 Å². The average molecular weight is 406 g/mol. The molecule has 0 fully saturated rings. The Kier molecular flexibility index (Phi) is 5.51. The van der Waals surface area contributed by atoms with Crippen LogP contribution in [0.25, 0.3) is 0 Å². The van der Waals surface area contributed by atoms with Crippen LogP contribution in [-0.4, -0.2) is 7.05 Å². The number of halogens is 3. The molecule has 100 valence electrons. The molecule has 1 N–H and O–H groups in total. The molecule has 0 aliphatic heterocycles. The number of rotatable bonds is 4. The fourth-order valence-corrected chi connectivity index (χ4v) is 2.76. The van der Waals surface area contributed by atoms with Gasteiger partial charge in [0.25, 0.3) is 0 Å². The second-order valence-corrected chi connectivity index (χ2v) is 6.34. The van der Waals surface area contributed by atoms with Crippen LogP contribution in [0.1, 0.15) is 17.2 Å². The van der Waals surface area contributed by atoms with Crippen LogP contribution >= 0.6 is 45.8 Å². The summed E-state index contributed by atoms with van der Waals surface area (Å²) in [6.07, 6.45) is 0.816. The van der Waals surface area contributed by atoms with Crippen molar-refractivity contribution in [3.63, 3.8) is 0 Å². The van der Waals surface area contributed by atoms with Gasteiger partial charge in [-0.1, -0.05) is 47.5 Å². The lowest BCUT2D eigenvalue weighted by molar-refractivity contribution is 0.592. The highest BCUT2D eigenvalue weighted by Crippen LogP contribution is 2.29. The van der Waals surface area contributed by atoms with Crippen molar-refractivity contribution in [3.05, 3.63) is 67.2 Å². The molecule has 0 saturated carbocycles. The van der Waals surface area contributed by atoms with Crippen LogP contribution in [0.5, 0.6) is 0 Å². The zero-order chi connectivity index (χ0) is 13.8. The van der Waals surface area contributed by atoms with Gasteiger partial charge in [-0.2, -0.15) is 0 Å². The summed E-state index contributed by atoms with van der Waals surface area (Å²) in [6, 6.07) is 14.5. The fraction of sp³-hybridized carbons (Fsp3) is 0.200. The molecule has 2 rings (SSSR count). The zero-order valence-electron chi connectivity index (χ0n) is 10.5. The molecule has 0 heterocycles. The fourth-order valence-electron chi connectivity index (χ4n) is 2.01. The van der Waals surface area contributed by atoms with Gasteiger partial charge in [-0.15, -0.1) is 0 Å². The van der Waals surface area contributed by atoms with Gasteiger partial charge in [-0.3, -0.25) is 0 Å². The second-order valence-electron chi connectivity index (χ2n) is 4.31. The molecular formula is C15H14Cl2IN. The van der Waals surface area contributed by atoms with Crippen molar-refractivity contribution in [1.82, 2.24) is 5.32 Å². The third-order valence-electron chi connectivity index (χ3n) is 3.08. The van der Waals surface area contributed by atoms with Gasteiger partial charge in [0.2, 0.25) is 0 Å². The summed E-state index contributed by atoms with van der Waals surface area (Å²) in [7, 11) is 1.96. The van der Waals surface area contributed by atoms with Gasteiger partial charge >= 0.3 is 0 Å². The smallest absolute Gasteiger partial charge is 0.0624 e. The molecule has 1 unspecified atom stereocenters. The minimum atomic E-state index is 0.230. The summed E-state index contributed by atoms with van der Waals surface area (Å²) in [4.78, 5) is 0. The van der Waals surface area contributed by atoms with Gasteiger partial charge in [0.1, 0.15) is 0 Å². The van der Waals surface area contributed by atoms with Crippen LogP contribution in [-0.2, 0) is 6.42 Å². The van der Waals surface area contributed by atoms with E-state index in [1.807, 2.05) is 25.2 Å². The van der Waals surface area contributed by atoms with Crippen LogP contribution < -0.4 is 5.32 Å². The summed E-state index contributed by atoms with van der Waals surface area (Å²) in [5.41, 5.74) is 2.31. The first-order valence-corrected chi connectivity index (χ1v) is 7.81. The molecule has 1 nitrogen and oxygen atoms in total. The lowest BCUT2D eigenvalue weighted by Gasteiger charge is -2.18. The lowest BCUT2D eigenvalue weighted by atomic mass is 9.99. The molecule has 0 radical (unpaired) electrons. The van der Waals surface area contributed by atoms with E-state index in [4.69, 9.17) is 23.2 Å². The van der Waals surface area contributed by atoms with Crippen molar-refractivity contribution in [1.29, 1.82) is 0 Å². The number of nitrogens with one attached hydrogen (secondary N) is 1. The zero-order valence-corrected chi connectivity index (χ0v) is 14.1. The Morgan fingerprint density at radius 3 is 2.42 bits per heavy atom. The summed E-state index contributed by atoms with van der Waals surface area (Å²) in [6.45, 7) is 0. The van der Waals surface area contributed by atoms with E-state index >= 15 is 0 Å². The van der Waals surface area contributed by atoms with Gasteiger partial charge in [0, 0.05) is 9.61 Å². The Bertz CT molecular complexity index is 555. The van der Waals surface area contributed by atoms with E-state index in [0.717, 1.165) is 12.0 Å². The standard InChI is InChI=1S/C15H14Cl2IN/c1-19-14(10-5-7-12(18)8-6-10)9-11-3-2-4-13(16)15(11)17/h2-8,14,19H,9H2,1H3. The Labute approximate surface area is 137 Å². The second kappa shape index (κ2) is 6.93. The quantitative estimate of drug-likeness (QED) is 0.697.